The monoisotopic (exact) mass is 213 g/mol. The number of hydrogen-bond donors (Lipinski definition) is 2. The standard InChI is InChI=1S/C10H15NO4/c1-7(10(14)15)6-11-4-2-8(3-5-12)9(11)13/h8,12H,1-6H2,(H,14,15). The van der Waals surface area contributed by atoms with E-state index in [4.69, 9.17) is 10.2 Å². The van der Waals surface area contributed by atoms with Gasteiger partial charge >= 0.3 is 5.97 Å². The molecular weight excluding hydrogens is 198 g/mol. The Morgan fingerprint density at radius 1 is 1.60 bits per heavy atom. The number of carbonyl (C=O) groups is 2. The molecule has 0 aromatic heterocycles. The number of aliphatic carboxylic acids is 1. The number of nitrogens with zero attached hydrogens (tertiary/aromatic N) is 1. The molecule has 1 rings (SSSR count). The van der Waals surface area contributed by atoms with Crippen molar-refractivity contribution in [3.63, 3.8) is 0 Å². The molecule has 0 aliphatic carbocycles. The van der Waals surface area contributed by atoms with Crippen molar-refractivity contribution in [1.29, 1.82) is 0 Å². The lowest BCUT2D eigenvalue weighted by molar-refractivity contribution is -0.133. The molecule has 5 nitrogen and oxygen atoms in total. The van der Waals surface area contributed by atoms with E-state index in [0.717, 1.165) is 0 Å². The number of aliphatic hydroxyl groups is 1. The molecule has 0 aromatic carbocycles. The fraction of sp³-hybridized carbons (Fsp3) is 0.600. The summed E-state index contributed by atoms with van der Waals surface area (Å²) in [5, 5.41) is 17.3. The van der Waals surface area contributed by atoms with Crippen molar-refractivity contribution < 1.29 is 19.8 Å². The van der Waals surface area contributed by atoms with Crippen LogP contribution < -0.4 is 0 Å². The average Bonchev–Trinajstić information content (AvgIpc) is 2.50. The van der Waals surface area contributed by atoms with E-state index in [1.165, 1.54) is 4.90 Å². The molecule has 2 N–H and O–H groups in total. The fourth-order valence-electron chi connectivity index (χ4n) is 1.68. The van der Waals surface area contributed by atoms with Crippen LogP contribution in [-0.4, -0.2) is 46.7 Å². The zero-order chi connectivity index (χ0) is 11.4. The summed E-state index contributed by atoms with van der Waals surface area (Å²) in [7, 11) is 0. The molecule has 1 saturated heterocycles. The number of aliphatic hydroxyl groups excluding tert-OH is 1. The van der Waals surface area contributed by atoms with Crippen molar-refractivity contribution >= 4 is 11.9 Å². The van der Waals surface area contributed by atoms with Crippen molar-refractivity contribution in [1.82, 2.24) is 4.90 Å². The minimum absolute atomic E-state index is 0.00980. The first-order chi connectivity index (χ1) is 7.06. The van der Waals surface area contributed by atoms with Gasteiger partial charge in [0.15, 0.2) is 0 Å². The third-order valence-electron chi connectivity index (χ3n) is 2.57. The predicted molar refractivity (Wildman–Crippen MR) is 53.2 cm³/mol. The van der Waals surface area contributed by atoms with Crippen LogP contribution in [0.25, 0.3) is 0 Å². The highest BCUT2D eigenvalue weighted by Crippen LogP contribution is 2.21. The van der Waals surface area contributed by atoms with Gasteiger partial charge in [0.1, 0.15) is 0 Å². The highest BCUT2D eigenvalue weighted by Gasteiger charge is 2.31. The Kier molecular flexibility index (Phi) is 3.85. The summed E-state index contributed by atoms with van der Waals surface area (Å²) in [6, 6.07) is 0. The van der Waals surface area contributed by atoms with E-state index >= 15 is 0 Å². The normalized spacial score (nSPS) is 20.7. The Morgan fingerprint density at radius 3 is 2.80 bits per heavy atom. The molecule has 1 amide bonds. The molecule has 5 heteroatoms. The van der Waals surface area contributed by atoms with Crippen molar-refractivity contribution in [3.05, 3.63) is 12.2 Å². The van der Waals surface area contributed by atoms with Crippen LogP contribution >= 0.6 is 0 Å². The number of rotatable bonds is 5. The van der Waals surface area contributed by atoms with E-state index in [0.29, 0.717) is 19.4 Å². The van der Waals surface area contributed by atoms with Crippen LogP contribution in [0.5, 0.6) is 0 Å². The van der Waals surface area contributed by atoms with Gasteiger partial charge < -0.3 is 15.1 Å². The van der Waals surface area contributed by atoms with Crippen molar-refractivity contribution in [2.24, 2.45) is 5.92 Å². The lowest BCUT2D eigenvalue weighted by Gasteiger charge is -2.16. The van der Waals surface area contributed by atoms with Crippen LogP contribution in [0.1, 0.15) is 12.8 Å². The minimum atomic E-state index is -1.08. The van der Waals surface area contributed by atoms with Crippen LogP contribution in [-0.2, 0) is 9.59 Å². The summed E-state index contributed by atoms with van der Waals surface area (Å²) in [6.45, 7) is 4.00. The zero-order valence-electron chi connectivity index (χ0n) is 8.48. The van der Waals surface area contributed by atoms with Gasteiger partial charge in [-0.25, -0.2) is 4.79 Å². The first kappa shape index (κ1) is 11.7. The van der Waals surface area contributed by atoms with Gasteiger partial charge in [0.2, 0.25) is 5.91 Å². The summed E-state index contributed by atoms with van der Waals surface area (Å²) >= 11 is 0. The highest BCUT2D eigenvalue weighted by atomic mass is 16.4. The molecule has 1 unspecified atom stereocenters. The molecule has 1 fully saturated rings. The summed E-state index contributed by atoms with van der Waals surface area (Å²) in [6.07, 6.45) is 1.14. The number of carbonyl (C=O) groups excluding carboxylic acids is 1. The summed E-state index contributed by atoms with van der Waals surface area (Å²) in [5.74, 6) is -1.31. The lowest BCUT2D eigenvalue weighted by atomic mass is 10.1. The van der Waals surface area contributed by atoms with Gasteiger partial charge in [-0.05, 0) is 12.8 Å². The fourth-order valence-corrected chi connectivity index (χ4v) is 1.68. The van der Waals surface area contributed by atoms with Gasteiger partial charge in [0.05, 0.1) is 6.54 Å². The summed E-state index contributed by atoms with van der Waals surface area (Å²) in [5.41, 5.74) is 0.0213. The lowest BCUT2D eigenvalue weighted by Crippen LogP contribution is -2.31. The molecule has 0 bridgehead atoms. The van der Waals surface area contributed by atoms with Crippen molar-refractivity contribution in [3.8, 4) is 0 Å². The minimum Gasteiger partial charge on any atom is -0.478 e. The number of carboxylic acids is 1. The van der Waals surface area contributed by atoms with Crippen LogP contribution in [0.15, 0.2) is 12.2 Å². The predicted octanol–water partition coefficient (Wildman–Crippen LogP) is -0.142. The molecule has 84 valence electrons. The van der Waals surface area contributed by atoms with Crippen LogP contribution in [0, 0.1) is 5.92 Å². The molecule has 1 heterocycles. The molecule has 0 radical (unpaired) electrons. The highest BCUT2D eigenvalue weighted by molar-refractivity contribution is 5.88. The van der Waals surface area contributed by atoms with Crippen molar-refractivity contribution in [2.45, 2.75) is 12.8 Å². The second-order valence-corrected chi connectivity index (χ2v) is 3.67. The first-order valence-corrected chi connectivity index (χ1v) is 4.87. The second kappa shape index (κ2) is 4.93. The second-order valence-electron chi connectivity index (χ2n) is 3.67. The quantitative estimate of drug-likeness (QED) is 0.623. The maximum atomic E-state index is 11.6. The summed E-state index contributed by atoms with van der Waals surface area (Å²) in [4.78, 5) is 23.6. The summed E-state index contributed by atoms with van der Waals surface area (Å²) < 4.78 is 0. The van der Waals surface area contributed by atoms with Gasteiger partial charge in [0.25, 0.3) is 0 Å². The van der Waals surface area contributed by atoms with Crippen LogP contribution in [0.4, 0.5) is 0 Å². The number of carboxylic acid groups (broad SMARTS) is 1. The van der Waals surface area contributed by atoms with E-state index in [2.05, 4.69) is 6.58 Å². The first-order valence-electron chi connectivity index (χ1n) is 4.87. The Labute approximate surface area is 88.0 Å². The molecule has 0 spiro atoms. The number of likely N-dealkylation sites (tertiary alicyclic amines) is 1. The van der Waals surface area contributed by atoms with E-state index in [1.54, 1.807) is 0 Å². The molecule has 0 aromatic rings. The average molecular weight is 213 g/mol. The number of hydrogen-bond acceptors (Lipinski definition) is 3. The van der Waals surface area contributed by atoms with E-state index in [-0.39, 0.29) is 30.5 Å². The van der Waals surface area contributed by atoms with E-state index < -0.39 is 5.97 Å². The van der Waals surface area contributed by atoms with Gasteiger partial charge in [0, 0.05) is 24.6 Å². The molecular formula is C10H15NO4. The van der Waals surface area contributed by atoms with Gasteiger partial charge in [-0.3, -0.25) is 4.79 Å². The van der Waals surface area contributed by atoms with Gasteiger partial charge in [-0.2, -0.15) is 0 Å². The SMILES string of the molecule is C=C(CN1CCC(CCO)C1=O)C(=O)O. The maximum absolute atomic E-state index is 11.6. The largest absolute Gasteiger partial charge is 0.478 e. The van der Waals surface area contributed by atoms with Crippen LogP contribution in [0.2, 0.25) is 0 Å². The molecule has 1 atom stereocenters. The molecule has 1 aliphatic rings. The number of amides is 1. The third-order valence-corrected chi connectivity index (χ3v) is 2.57. The Balaban J connectivity index is 2.49. The van der Waals surface area contributed by atoms with Gasteiger partial charge in [-0.1, -0.05) is 6.58 Å². The van der Waals surface area contributed by atoms with E-state index in [1.807, 2.05) is 0 Å². The smallest absolute Gasteiger partial charge is 0.332 e. The van der Waals surface area contributed by atoms with Gasteiger partial charge in [-0.15, -0.1) is 0 Å². The zero-order valence-corrected chi connectivity index (χ0v) is 8.48. The molecule has 15 heavy (non-hydrogen) atoms. The topological polar surface area (TPSA) is 77.8 Å². The molecule has 0 saturated carbocycles. The Bertz CT molecular complexity index is 287. The van der Waals surface area contributed by atoms with E-state index in [9.17, 15) is 9.59 Å². The Hall–Kier alpha value is -1.36. The van der Waals surface area contributed by atoms with Crippen LogP contribution in [0.3, 0.4) is 0 Å². The maximum Gasteiger partial charge on any atom is 0.332 e. The molecule has 1 aliphatic heterocycles. The Morgan fingerprint density at radius 2 is 2.27 bits per heavy atom. The third kappa shape index (κ3) is 2.79. The van der Waals surface area contributed by atoms with Crippen molar-refractivity contribution in [2.75, 3.05) is 19.7 Å².